The molecule has 0 fully saturated rings. The second-order valence-electron chi connectivity index (χ2n) is 5.89. The number of para-hydroxylation sites is 2. The summed E-state index contributed by atoms with van der Waals surface area (Å²) < 4.78 is 12.9. The lowest BCUT2D eigenvalue weighted by atomic mass is 10.1. The third kappa shape index (κ3) is 5.34. The van der Waals surface area contributed by atoms with Crippen molar-refractivity contribution in [3.63, 3.8) is 0 Å². The van der Waals surface area contributed by atoms with E-state index in [0.717, 1.165) is 17.7 Å². The van der Waals surface area contributed by atoms with Crippen molar-refractivity contribution < 1.29 is 14.3 Å². The van der Waals surface area contributed by atoms with Crippen molar-refractivity contribution in [3.8, 4) is 17.2 Å². The average Bonchev–Trinajstić information content (AvgIpc) is 3.23. The van der Waals surface area contributed by atoms with Gasteiger partial charge in [-0.25, -0.2) is 4.68 Å². The molecule has 140 valence electrons. The summed E-state index contributed by atoms with van der Waals surface area (Å²) in [7, 11) is 0. The normalized spacial score (nSPS) is 10.4. The Morgan fingerprint density at radius 1 is 1.04 bits per heavy atom. The number of hydrogen-bond donors (Lipinski definition) is 1. The molecule has 0 atom stereocenters. The van der Waals surface area contributed by atoms with Crippen LogP contribution in [-0.2, 0) is 11.2 Å². The number of nitrogens with zero attached hydrogens (tertiary/aromatic N) is 2. The van der Waals surface area contributed by atoms with Crippen molar-refractivity contribution in [2.45, 2.75) is 13.3 Å². The number of nitrogens with one attached hydrogen (secondary N) is 1. The molecule has 1 heterocycles. The first-order chi connectivity index (χ1) is 13.3. The van der Waals surface area contributed by atoms with E-state index in [1.165, 1.54) is 0 Å². The molecule has 0 aliphatic heterocycles. The van der Waals surface area contributed by atoms with Crippen molar-refractivity contribution in [2.24, 2.45) is 0 Å². The van der Waals surface area contributed by atoms with Gasteiger partial charge in [-0.15, -0.1) is 0 Å². The van der Waals surface area contributed by atoms with E-state index in [9.17, 15) is 4.79 Å². The van der Waals surface area contributed by atoms with Crippen molar-refractivity contribution >= 4 is 5.91 Å². The third-order valence-corrected chi connectivity index (χ3v) is 3.95. The molecule has 1 N–H and O–H groups in total. The van der Waals surface area contributed by atoms with Gasteiger partial charge in [0.15, 0.2) is 18.1 Å². The van der Waals surface area contributed by atoms with Gasteiger partial charge < -0.3 is 14.8 Å². The molecule has 0 saturated carbocycles. The maximum absolute atomic E-state index is 12.0. The maximum atomic E-state index is 12.0. The first kappa shape index (κ1) is 18.5. The fourth-order valence-electron chi connectivity index (χ4n) is 2.62. The zero-order chi connectivity index (χ0) is 18.9. The van der Waals surface area contributed by atoms with Gasteiger partial charge in [-0.1, -0.05) is 24.3 Å². The summed E-state index contributed by atoms with van der Waals surface area (Å²) in [6.45, 7) is 2.97. The minimum absolute atomic E-state index is 0.0394. The smallest absolute Gasteiger partial charge is 0.257 e. The number of rotatable bonds is 9. The van der Waals surface area contributed by atoms with Gasteiger partial charge in [-0.05, 0) is 49.2 Å². The van der Waals surface area contributed by atoms with Crippen LogP contribution in [-0.4, -0.2) is 35.4 Å². The molecule has 0 radical (unpaired) electrons. The first-order valence-electron chi connectivity index (χ1n) is 8.96. The Morgan fingerprint density at radius 2 is 1.78 bits per heavy atom. The molecule has 0 unspecified atom stereocenters. The Morgan fingerprint density at radius 3 is 2.44 bits per heavy atom. The summed E-state index contributed by atoms with van der Waals surface area (Å²) in [5.74, 6) is 1.06. The molecule has 0 bridgehead atoms. The zero-order valence-electron chi connectivity index (χ0n) is 15.3. The lowest BCUT2D eigenvalue weighted by molar-refractivity contribution is -0.123. The monoisotopic (exact) mass is 365 g/mol. The summed E-state index contributed by atoms with van der Waals surface area (Å²) in [5.41, 5.74) is 2.16. The standard InChI is InChI=1S/C21H23N3O3/c1-2-26-19-6-3-4-7-20(19)27-16-21(25)22-14-12-17-8-10-18(11-9-17)24-15-5-13-23-24/h3-11,13,15H,2,12,14,16H2,1H3,(H,22,25). The highest BCUT2D eigenvalue weighted by molar-refractivity contribution is 5.77. The number of aromatic nitrogens is 2. The Kier molecular flexibility index (Phi) is 6.46. The van der Waals surface area contributed by atoms with E-state index < -0.39 is 0 Å². The van der Waals surface area contributed by atoms with Crippen LogP contribution in [0.1, 0.15) is 12.5 Å². The van der Waals surface area contributed by atoms with Gasteiger partial charge in [0.05, 0.1) is 12.3 Å². The third-order valence-electron chi connectivity index (χ3n) is 3.95. The van der Waals surface area contributed by atoms with E-state index in [-0.39, 0.29) is 12.5 Å². The second-order valence-corrected chi connectivity index (χ2v) is 5.89. The first-order valence-corrected chi connectivity index (χ1v) is 8.96. The van der Waals surface area contributed by atoms with E-state index >= 15 is 0 Å². The molecule has 2 aromatic carbocycles. The Hall–Kier alpha value is -3.28. The lowest BCUT2D eigenvalue weighted by Crippen LogP contribution is -2.30. The Bertz CT molecular complexity index is 845. The van der Waals surface area contributed by atoms with Crippen LogP contribution in [0.2, 0.25) is 0 Å². The van der Waals surface area contributed by atoms with Crippen LogP contribution in [0.4, 0.5) is 0 Å². The number of amides is 1. The fourth-order valence-corrected chi connectivity index (χ4v) is 2.62. The second kappa shape index (κ2) is 9.43. The Labute approximate surface area is 158 Å². The van der Waals surface area contributed by atoms with Gasteiger partial charge in [0.2, 0.25) is 0 Å². The van der Waals surface area contributed by atoms with Gasteiger partial charge in [-0.2, -0.15) is 5.10 Å². The summed E-state index contributed by atoms with van der Waals surface area (Å²) in [6.07, 6.45) is 4.40. The highest BCUT2D eigenvalue weighted by atomic mass is 16.5. The van der Waals surface area contributed by atoms with Crippen molar-refractivity contribution in [1.82, 2.24) is 15.1 Å². The van der Waals surface area contributed by atoms with Crippen LogP contribution >= 0.6 is 0 Å². The van der Waals surface area contributed by atoms with E-state index in [1.807, 2.05) is 66.3 Å². The number of benzene rings is 2. The molecule has 0 aliphatic carbocycles. The van der Waals surface area contributed by atoms with Gasteiger partial charge in [0, 0.05) is 18.9 Å². The van der Waals surface area contributed by atoms with Crippen molar-refractivity contribution in [2.75, 3.05) is 19.8 Å². The van der Waals surface area contributed by atoms with Gasteiger partial charge in [0.25, 0.3) is 5.91 Å². The molecular formula is C21H23N3O3. The van der Waals surface area contributed by atoms with Gasteiger partial charge in [-0.3, -0.25) is 4.79 Å². The van der Waals surface area contributed by atoms with E-state index in [1.54, 1.807) is 12.3 Å². The molecule has 1 amide bonds. The van der Waals surface area contributed by atoms with Gasteiger partial charge >= 0.3 is 0 Å². The molecule has 0 aliphatic rings. The number of carbonyl (C=O) groups is 1. The van der Waals surface area contributed by atoms with Crippen LogP contribution in [0.3, 0.4) is 0 Å². The Balaban J connectivity index is 1.42. The van der Waals surface area contributed by atoms with Crippen LogP contribution < -0.4 is 14.8 Å². The van der Waals surface area contributed by atoms with E-state index in [2.05, 4.69) is 10.4 Å². The summed E-state index contributed by atoms with van der Waals surface area (Å²) in [6, 6.07) is 17.3. The van der Waals surface area contributed by atoms with Crippen LogP contribution in [0.25, 0.3) is 5.69 Å². The molecule has 6 nitrogen and oxygen atoms in total. The molecule has 1 aromatic heterocycles. The molecule has 6 heteroatoms. The molecule has 27 heavy (non-hydrogen) atoms. The van der Waals surface area contributed by atoms with Gasteiger partial charge in [0.1, 0.15) is 0 Å². The molecule has 3 aromatic rings. The largest absolute Gasteiger partial charge is 0.490 e. The summed E-state index contributed by atoms with van der Waals surface area (Å²) in [4.78, 5) is 12.0. The highest BCUT2D eigenvalue weighted by Gasteiger charge is 2.07. The SMILES string of the molecule is CCOc1ccccc1OCC(=O)NCCc1ccc(-n2cccn2)cc1. The minimum Gasteiger partial charge on any atom is -0.490 e. The quantitative estimate of drug-likeness (QED) is 0.633. The minimum atomic E-state index is -0.158. The predicted molar refractivity (Wildman–Crippen MR) is 103 cm³/mol. The molecule has 0 spiro atoms. The topological polar surface area (TPSA) is 65.4 Å². The average molecular weight is 365 g/mol. The van der Waals surface area contributed by atoms with Crippen molar-refractivity contribution in [3.05, 3.63) is 72.6 Å². The maximum Gasteiger partial charge on any atom is 0.257 e. The summed E-state index contributed by atoms with van der Waals surface area (Å²) in [5, 5.41) is 7.07. The lowest BCUT2D eigenvalue weighted by Gasteiger charge is -2.11. The predicted octanol–water partition coefficient (Wildman–Crippen LogP) is 3.01. The number of ether oxygens (including phenoxy) is 2. The van der Waals surface area contributed by atoms with Crippen LogP contribution in [0, 0.1) is 0 Å². The van der Waals surface area contributed by atoms with E-state index in [4.69, 9.17) is 9.47 Å². The van der Waals surface area contributed by atoms with Crippen LogP contribution in [0.15, 0.2) is 67.0 Å². The number of carbonyl (C=O) groups excluding carboxylic acids is 1. The molecule has 3 rings (SSSR count). The van der Waals surface area contributed by atoms with Crippen LogP contribution in [0.5, 0.6) is 11.5 Å². The summed E-state index contributed by atoms with van der Waals surface area (Å²) >= 11 is 0. The molecule has 0 saturated heterocycles. The zero-order valence-corrected chi connectivity index (χ0v) is 15.3. The number of hydrogen-bond acceptors (Lipinski definition) is 4. The highest BCUT2D eigenvalue weighted by Crippen LogP contribution is 2.26. The van der Waals surface area contributed by atoms with E-state index in [0.29, 0.717) is 24.7 Å². The van der Waals surface area contributed by atoms with Crippen molar-refractivity contribution in [1.29, 1.82) is 0 Å². The molecular weight excluding hydrogens is 342 g/mol. The fraction of sp³-hybridized carbons (Fsp3) is 0.238.